The first kappa shape index (κ1) is 23.3. The van der Waals surface area contributed by atoms with Crippen molar-refractivity contribution in [3.63, 3.8) is 0 Å². The van der Waals surface area contributed by atoms with Gasteiger partial charge in [0.05, 0.1) is 7.11 Å². The summed E-state index contributed by atoms with van der Waals surface area (Å²) in [7, 11) is 5.65. The van der Waals surface area contributed by atoms with E-state index in [9.17, 15) is 9.90 Å². The summed E-state index contributed by atoms with van der Waals surface area (Å²) in [6.45, 7) is 7.17. The van der Waals surface area contributed by atoms with Crippen LogP contribution in [0.2, 0.25) is 0 Å². The highest BCUT2D eigenvalue weighted by molar-refractivity contribution is 5.97. The minimum absolute atomic E-state index is 0.0185. The molecule has 31 heavy (non-hydrogen) atoms. The van der Waals surface area contributed by atoms with E-state index in [0.29, 0.717) is 12.2 Å². The summed E-state index contributed by atoms with van der Waals surface area (Å²) in [6, 6.07) is 11.7. The maximum Gasteiger partial charge on any atom is 0.163 e. The monoisotopic (exact) mass is 424 g/mol. The van der Waals surface area contributed by atoms with Crippen LogP contribution in [-0.2, 0) is 19.5 Å². The Morgan fingerprint density at radius 2 is 1.97 bits per heavy atom. The molecule has 5 heteroatoms. The van der Waals surface area contributed by atoms with E-state index in [1.807, 2.05) is 38.4 Å². The highest BCUT2D eigenvalue weighted by Gasteiger charge is 2.33. The number of carbonyl (C=O) groups is 1. The Kier molecular flexibility index (Phi) is 7.39. The Balaban J connectivity index is 1.66. The molecule has 1 aliphatic heterocycles. The van der Waals surface area contributed by atoms with Crippen molar-refractivity contribution in [1.29, 1.82) is 0 Å². The molecule has 0 radical (unpaired) electrons. The number of nitrogens with zero attached hydrogens (tertiary/aromatic N) is 2. The maximum atomic E-state index is 12.9. The number of rotatable bonds is 10. The topological polar surface area (TPSA) is 53.0 Å². The van der Waals surface area contributed by atoms with Gasteiger partial charge < -0.3 is 14.7 Å². The predicted molar refractivity (Wildman–Crippen MR) is 125 cm³/mol. The number of ketones is 1. The molecule has 1 aliphatic rings. The van der Waals surface area contributed by atoms with E-state index in [2.05, 4.69) is 29.7 Å². The second-order valence-corrected chi connectivity index (χ2v) is 9.45. The minimum atomic E-state index is -0.0185. The standard InChI is InChI=1S/C26H36N2O3/c1-26(2,14-13-19-11-12-24(30)25(16-19)31-5)28-17-20-8-6-9-21(22(20)18-28)23(29)10-7-15-27(3)4/h6,8-9,11-12,16,30H,7,10,13-15,17-18H2,1-5H3. The smallest absolute Gasteiger partial charge is 0.163 e. The number of Topliss-reactive ketones (excluding diaryl/α,β-unsaturated/α-hetero) is 1. The Labute approximate surface area is 186 Å². The van der Waals surface area contributed by atoms with Crippen LogP contribution in [-0.4, -0.2) is 54.0 Å². The van der Waals surface area contributed by atoms with Crippen molar-refractivity contribution in [2.45, 2.75) is 58.2 Å². The molecular formula is C26H36N2O3. The lowest BCUT2D eigenvalue weighted by Crippen LogP contribution is -2.40. The number of phenols is 1. The summed E-state index contributed by atoms with van der Waals surface area (Å²) >= 11 is 0. The van der Waals surface area contributed by atoms with E-state index in [-0.39, 0.29) is 17.1 Å². The van der Waals surface area contributed by atoms with Crippen LogP contribution in [0.4, 0.5) is 0 Å². The second-order valence-electron chi connectivity index (χ2n) is 9.45. The highest BCUT2D eigenvalue weighted by Crippen LogP contribution is 2.35. The van der Waals surface area contributed by atoms with Crippen LogP contribution in [0.25, 0.3) is 0 Å². The van der Waals surface area contributed by atoms with Crippen molar-refractivity contribution in [2.75, 3.05) is 27.7 Å². The zero-order valence-electron chi connectivity index (χ0n) is 19.6. The van der Waals surface area contributed by atoms with Gasteiger partial charge in [-0.05, 0) is 82.6 Å². The van der Waals surface area contributed by atoms with Crippen LogP contribution >= 0.6 is 0 Å². The maximum absolute atomic E-state index is 12.9. The van der Waals surface area contributed by atoms with Crippen LogP contribution in [0.5, 0.6) is 11.5 Å². The molecule has 2 aromatic rings. The van der Waals surface area contributed by atoms with Crippen molar-refractivity contribution in [3.05, 3.63) is 58.7 Å². The Morgan fingerprint density at radius 3 is 2.68 bits per heavy atom. The number of fused-ring (bicyclic) bond motifs is 1. The number of carbonyl (C=O) groups excluding carboxylic acids is 1. The SMILES string of the molecule is COc1cc(CCC(C)(C)N2Cc3cccc(C(=O)CCCN(C)C)c3C2)ccc1O. The van der Waals surface area contributed by atoms with E-state index in [1.54, 1.807) is 13.2 Å². The van der Waals surface area contributed by atoms with Crippen LogP contribution in [0.15, 0.2) is 36.4 Å². The van der Waals surface area contributed by atoms with Crippen molar-refractivity contribution in [2.24, 2.45) is 0 Å². The third kappa shape index (κ3) is 5.66. The van der Waals surface area contributed by atoms with Gasteiger partial charge in [0, 0.05) is 30.6 Å². The van der Waals surface area contributed by atoms with Gasteiger partial charge in [0.2, 0.25) is 0 Å². The molecule has 0 saturated carbocycles. The number of benzene rings is 2. The minimum Gasteiger partial charge on any atom is -0.504 e. The summed E-state index contributed by atoms with van der Waals surface area (Å²) in [5, 5.41) is 9.82. The van der Waals surface area contributed by atoms with Gasteiger partial charge in [-0.2, -0.15) is 0 Å². The molecule has 0 aromatic heterocycles. The quantitative estimate of drug-likeness (QED) is 0.563. The fourth-order valence-corrected chi connectivity index (χ4v) is 4.29. The number of hydrogen-bond donors (Lipinski definition) is 1. The fraction of sp³-hybridized carbons (Fsp3) is 0.500. The van der Waals surface area contributed by atoms with Crippen molar-refractivity contribution in [3.8, 4) is 11.5 Å². The lowest BCUT2D eigenvalue weighted by atomic mass is 9.93. The molecule has 2 aromatic carbocycles. The molecule has 0 saturated heterocycles. The average molecular weight is 425 g/mol. The molecule has 0 aliphatic carbocycles. The first-order valence-corrected chi connectivity index (χ1v) is 11.1. The summed E-state index contributed by atoms with van der Waals surface area (Å²) in [5.41, 5.74) is 4.51. The van der Waals surface area contributed by atoms with Crippen LogP contribution in [0.3, 0.4) is 0 Å². The first-order valence-electron chi connectivity index (χ1n) is 11.1. The van der Waals surface area contributed by atoms with E-state index >= 15 is 0 Å². The molecular weight excluding hydrogens is 388 g/mol. The van der Waals surface area contributed by atoms with Crippen LogP contribution in [0.1, 0.15) is 60.2 Å². The van der Waals surface area contributed by atoms with Gasteiger partial charge in [-0.15, -0.1) is 0 Å². The third-order valence-electron chi connectivity index (χ3n) is 6.42. The number of hydrogen-bond acceptors (Lipinski definition) is 5. The predicted octanol–water partition coefficient (Wildman–Crippen LogP) is 4.65. The third-order valence-corrected chi connectivity index (χ3v) is 6.42. The van der Waals surface area contributed by atoms with E-state index in [1.165, 1.54) is 11.1 Å². The van der Waals surface area contributed by atoms with Gasteiger partial charge >= 0.3 is 0 Å². The van der Waals surface area contributed by atoms with Crippen molar-refractivity contribution < 1.29 is 14.6 Å². The van der Waals surface area contributed by atoms with Gasteiger partial charge in [0.25, 0.3) is 0 Å². The summed E-state index contributed by atoms with van der Waals surface area (Å²) in [6.07, 6.45) is 3.36. The van der Waals surface area contributed by atoms with Crippen molar-refractivity contribution in [1.82, 2.24) is 9.80 Å². The van der Waals surface area contributed by atoms with E-state index in [4.69, 9.17) is 4.74 Å². The largest absolute Gasteiger partial charge is 0.504 e. The van der Waals surface area contributed by atoms with Crippen LogP contribution < -0.4 is 4.74 Å². The Morgan fingerprint density at radius 1 is 1.19 bits per heavy atom. The number of ether oxygens (including phenoxy) is 1. The molecule has 5 nitrogen and oxygen atoms in total. The molecule has 0 bridgehead atoms. The Bertz CT molecular complexity index is 921. The van der Waals surface area contributed by atoms with E-state index in [0.717, 1.165) is 50.0 Å². The molecule has 168 valence electrons. The van der Waals surface area contributed by atoms with Gasteiger partial charge in [-0.25, -0.2) is 0 Å². The van der Waals surface area contributed by atoms with Crippen molar-refractivity contribution >= 4 is 5.78 Å². The Hall–Kier alpha value is -2.37. The lowest BCUT2D eigenvalue weighted by Gasteiger charge is -2.35. The molecule has 1 heterocycles. The summed E-state index contributed by atoms with van der Waals surface area (Å²) < 4.78 is 5.24. The van der Waals surface area contributed by atoms with Gasteiger partial charge in [-0.1, -0.05) is 24.3 Å². The fourth-order valence-electron chi connectivity index (χ4n) is 4.29. The summed E-state index contributed by atoms with van der Waals surface area (Å²) in [5.74, 6) is 0.944. The number of phenolic OH excluding ortho intramolecular Hbond substituents is 1. The molecule has 0 fully saturated rings. The number of aryl methyl sites for hydroxylation is 1. The van der Waals surface area contributed by atoms with Gasteiger partial charge in [0.15, 0.2) is 17.3 Å². The molecule has 0 unspecified atom stereocenters. The van der Waals surface area contributed by atoms with Crippen LogP contribution in [0, 0.1) is 0 Å². The number of methoxy groups -OCH3 is 1. The van der Waals surface area contributed by atoms with E-state index < -0.39 is 0 Å². The normalized spacial score (nSPS) is 14.1. The molecule has 0 atom stereocenters. The lowest BCUT2D eigenvalue weighted by molar-refractivity contribution is 0.0968. The number of aromatic hydroxyl groups is 1. The van der Waals surface area contributed by atoms with Gasteiger partial charge in [0.1, 0.15) is 0 Å². The molecule has 0 spiro atoms. The van der Waals surface area contributed by atoms with Gasteiger partial charge in [-0.3, -0.25) is 9.69 Å². The average Bonchev–Trinajstić information content (AvgIpc) is 3.18. The zero-order chi connectivity index (χ0) is 22.6. The molecule has 0 amide bonds. The first-order chi connectivity index (χ1) is 14.7. The zero-order valence-corrected chi connectivity index (χ0v) is 19.6. The summed E-state index contributed by atoms with van der Waals surface area (Å²) in [4.78, 5) is 17.5. The second kappa shape index (κ2) is 9.84. The molecule has 3 rings (SSSR count). The highest BCUT2D eigenvalue weighted by atomic mass is 16.5. The molecule has 1 N–H and O–H groups in total.